The van der Waals surface area contributed by atoms with Crippen LogP contribution < -0.4 is 4.90 Å². The Morgan fingerprint density at radius 1 is 1.14 bits per heavy atom. The number of hydrogen-bond acceptors (Lipinski definition) is 3. The first-order valence-corrected chi connectivity index (χ1v) is 4.71. The molecule has 0 aliphatic rings. The summed E-state index contributed by atoms with van der Waals surface area (Å²) in [6.45, 7) is 6.05. The van der Waals surface area contributed by atoms with Crippen molar-refractivity contribution < 1.29 is 0 Å². The third-order valence-electron chi connectivity index (χ3n) is 2.14. The first-order valence-electron chi connectivity index (χ1n) is 4.71. The molecule has 3 heteroatoms. The van der Waals surface area contributed by atoms with Gasteiger partial charge in [-0.2, -0.15) is 0 Å². The molecule has 0 fully saturated rings. The van der Waals surface area contributed by atoms with Crippen LogP contribution in [-0.2, 0) is 0 Å². The molecule has 0 bridgehead atoms. The van der Waals surface area contributed by atoms with Crippen molar-refractivity contribution in [2.45, 2.75) is 20.8 Å². The van der Waals surface area contributed by atoms with Crippen molar-refractivity contribution in [3.8, 4) is 0 Å². The minimum Gasteiger partial charge on any atom is -0.347 e. The van der Waals surface area contributed by atoms with E-state index in [0.29, 0.717) is 0 Å². The molecule has 14 heavy (non-hydrogen) atoms. The molecule has 0 saturated carbocycles. The zero-order valence-electron chi connectivity index (χ0n) is 9.50. The predicted molar refractivity (Wildman–Crippen MR) is 60.5 cm³/mol. The van der Waals surface area contributed by atoms with Gasteiger partial charge in [-0.3, -0.25) is 0 Å². The number of allylic oxidation sites excluding steroid dienone is 1. The Morgan fingerprint density at radius 3 is 2.29 bits per heavy atom. The molecule has 0 amide bonds. The zero-order chi connectivity index (χ0) is 10.7. The molecule has 76 valence electrons. The van der Waals surface area contributed by atoms with E-state index in [0.717, 1.165) is 22.9 Å². The average molecular weight is 191 g/mol. The number of hydrogen-bond donors (Lipinski definition) is 0. The van der Waals surface area contributed by atoms with Crippen LogP contribution >= 0.6 is 0 Å². The van der Waals surface area contributed by atoms with Gasteiger partial charge in [0.25, 0.3) is 0 Å². The number of aromatic nitrogens is 2. The molecule has 1 aromatic heterocycles. The molecule has 0 aliphatic heterocycles. The molecule has 0 aromatic carbocycles. The van der Waals surface area contributed by atoms with E-state index in [9.17, 15) is 0 Å². The number of rotatable bonds is 2. The van der Waals surface area contributed by atoms with Crippen LogP contribution in [0.2, 0.25) is 0 Å². The maximum Gasteiger partial charge on any atom is 0.225 e. The highest BCUT2D eigenvalue weighted by Gasteiger charge is 2.06. The van der Waals surface area contributed by atoms with E-state index in [1.807, 2.05) is 51.9 Å². The highest BCUT2D eigenvalue weighted by Crippen LogP contribution is 2.14. The standard InChI is InChI=1S/C11H17N3/c1-6-7-10-8(2)9(3)12-11(13-10)14(4)5/h6-7H,1-5H3/b7-6+. The fraction of sp³-hybridized carbons (Fsp3) is 0.455. The normalized spacial score (nSPS) is 10.9. The Kier molecular flexibility index (Phi) is 3.23. The van der Waals surface area contributed by atoms with Crippen LogP contribution in [0.15, 0.2) is 6.08 Å². The van der Waals surface area contributed by atoms with Crippen LogP contribution in [0.1, 0.15) is 23.9 Å². The molecular formula is C11H17N3. The van der Waals surface area contributed by atoms with E-state index in [4.69, 9.17) is 0 Å². The van der Waals surface area contributed by atoms with Crippen molar-refractivity contribution in [3.05, 3.63) is 23.0 Å². The molecule has 0 unspecified atom stereocenters. The smallest absolute Gasteiger partial charge is 0.225 e. The molecule has 1 heterocycles. The third-order valence-corrected chi connectivity index (χ3v) is 2.14. The fourth-order valence-corrected chi connectivity index (χ4v) is 1.16. The van der Waals surface area contributed by atoms with Crippen molar-refractivity contribution >= 4 is 12.0 Å². The molecule has 3 nitrogen and oxygen atoms in total. The van der Waals surface area contributed by atoms with Crippen LogP contribution in [0.5, 0.6) is 0 Å². The van der Waals surface area contributed by atoms with Crippen molar-refractivity contribution in [2.24, 2.45) is 0 Å². The summed E-state index contributed by atoms with van der Waals surface area (Å²) in [5, 5.41) is 0. The minimum atomic E-state index is 0.765. The molecule has 0 aliphatic carbocycles. The summed E-state index contributed by atoms with van der Waals surface area (Å²) in [6.07, 6.45) is 4.01. The van der Waals surface area contributed by atoms with Gasteiger partial charge in [-0.05, 0) is 32.4 Å². The largest absolute Gasteiger partial charge is 0.347 e. The van der Waals surface area contributed by atoms with Crippen LogP contribution in [0.25, 0.3) is 6.08 Å². The fourth-order valence-electron chi connectivity index (χ4n) is 1.16. The Bertz CT molecular complexity index is 354. The third kappa shape index (κ3) is 2.10. The Labute approximate surface area is 85.5 Å². The number of anilines is 1. The van der Waals surface area contributed by atoms with Gasteiger partial charge >= 0.3 is 0 Å². The van der Waals surface area contributed by atoms with Gasteiger partial charge in [0.2, 0.25) is 5.95 Å². The molecule has 0 N–H and O–H groups in total. The van der Waals surface area contributed by atoms with Gasteiger partial charge in [-0.25, -0.2) is 9.97 Å². The van der Waals surface area contributed by atoms with Crippen LogP contribution in [-0.4, -0.2) is 24.1 Å². The summed E-state index contributed by atoms with van der Waals surface area (Å²) in [5.74, 6) is 0.765. The second-order valence-electron chi connectivity index (χ2n) is 3.51. The highest BCUT2D eigenvalue weighted by molar-refractivity contribution is 5.52. The van der Waals surface area contributed by atoms with Gasteiger partial charge in [0.05, 0.1) is 5.69 Å². The lowest BCUT2D eigenvalue weighted by molar-refractivity contribution is 0.956. The van der Waals surface area contributed by atoms with Crippen LogP contribution in [0, 0.1) is 13.8 Å². The average Bonchev–Trinajstić information content (AvgIpc) is 2.12. The van der Waals surface area contributed by atoms with Crippen LogP contribution in [0.4, 0.5) is 5.95 Å². The molecular weight excluding hydrogens is 174 g/mol. The van der Waals surface area contributed by atoms with E-state index in [1.54, 1.807) is 0 Å². The van der Waals surface area contributed by atoms with E-state index in [2.05, 4.69) is 9.97 Å². The summed E-state index contributed by atoms with van der Waals surface area (Å²) < 4.78 is 0. The van der Waals surface area contributed by atoms with Crippen molar-refractivity contribution in [1.82, 2.24) is 9.97 Å². The second-order valence-corrected chi connectivity index (χ2v) is 3.51. The van der Waals surface area contributed by atoms with Crippen molar-refractivity contribution in [3.63, 3.8) is 0 Å². The zero-order valence-corrected chi connectivity index (χ0v) is 9.50. The summed E-state index contributed by atoms with van der Waals surface area (Å²) in [5.41, 5.74) is 3.19. The van der Waals surface area contributed by atoms with Gasteiger partial charge in [-0.1, -0.05) is 6.08 Å². The molecule has 0 atom stereocenters. The van der Waals surface area contributed by atoms with E-state index in [-0.39, 0.29) is 0 Å². The Hall–Kier alpha value is -1.38. The highest BCUT2D eigenvalue weighted by atomic mass is 15.2. The van der Waals surface area contributed by atoms with Crippen molar-refractivity contribution in [1.29, 1.82) is 0 Å². The summed E-state index contributed by atoms with van der Waals surface area (Å²) in [4.78, 5) is 10.8. The quantitative estimate of drug-likeness (QED) is 0.717. The number of aryl methyl sites for hydroxylation is 1. The van der Waals surface area contributed by atoms with Gasteiger partial charge in [0.15, 0.2) is 0 Å². The Balaban J connectivity index is 3.28. The predicted octanol–water partition coefficient (Wildman–Crippen LogP) is 2.19. The maximum atomic E-state index is 4.45. The topological polar surface area (TPSA) is 29.0 Å². The molecule has 1 aromatic rings. The number of nitrogens with zero attached hydrogens (tertiary/aromatic N) is 3. The van der Waals surface area contributed by atoms with Crippen molar-refractivity contribution in [2.75, 3.05) is 19.0 Å². The molecule has 0 radical (unpaired) electrons. The lowest BCUT2D eigenvalue weighted by Gasteiger charge is -2.13. The molecule has 0 saturated heterocycles. The Morgan fingerprint density at radius 2 is 1.79 bits per heavy atom. The van der Waals surface area contributed by atoms with Gasteiger partial charge in [-0.15, -0.1) is 0 Å². The minimum absolute atomic E-state index is 0.765. The first-order chi connectivity index (χ1) is 6.56. The molecule has 0 spiro atoms. The van der Waals surface area contributed by atoms with Gasteiger partial charge < -0.3 is 4.90 Å². The van der Waals surface area contributed by atoms with Crippen LogP contribution in [0.3, 0.4) is 0 Å². The second kappa shape index (κ2) is 4.22. The van der Waals surface area contributed by atoms with E-state index < -0.39 is 0 Å². The summed E-state index contributed by atoms with van der Waals surface area (Å²) >= 11 is 0. The van der Waals surface area contributed by atoms with Gasteiger partial charge in [0.1, 0.15) is 0 Å². The summed E-state index contributed by atoms with van der Waals surface area (Å²) in [6, 6.07) is 0. The summed E-state index contributed by atoms with van der Waals surface area (Å²) in [7, 11) is 3.90. The lowest BCUT2D eigenvalue weighted by Crippen LogP contribution is -2.14. The molecule has 1 rings (SSSR count). The lowest BCUT2D eigenvalue weighted by atomic mass is 10.2. The SMILES string of the molecule is C/C=C/c1nc(N(C)C)nc(C)c1C. The first kappa shape index (κ1) is 10.7. The van der Waals surface area contributed by atoms with E-state index in [1.165, 1.54) is 0 Å². The van der Waals surface area contributed by atoms with E-state index >= 15 is 0 Å². The monoisotopic (exact) mass is 191 g/mol. The maximum absolute atomic E-state index is 4.45. The van der Waals surface area contributed by atoms with Gasteiger partial charge in [0, 0.05) is 19.8 Å².